The second-order valence-electron chi connectivity index (χ2n) is 20.1. The van der Waals surface area contributed by atoms with Crippen molar-refractivity contribution in [3.8, 4) is 0 Å². The summed E-state index contributed by atoms with van der Waals surface area (Å²) in [6, 6.07) is 0. The minimum atomic E-state index is -1.31. The zero-order chi connectivity index (χ0) is 36.1. The fourth-order valence-electron chi connectivity index (χ4n) is 13.7. The Morgan fingerprint density at radius 1 is 0.898 bits per heavy atom. The van der Waals surface area contributed by atoms with Gasteiger partial charge in [-0.2, -0.15) is 0 Å². The maximum absolute atomic E-state index is 13.3. The number of hydrogen-bond acceptors (Lipinski definition) is 5. The summed E-state index contributed by atoms with van der Waals surface area (Å²) in [6.45, 7) is 28.8. The number of carbonyl (C=O) groups is 2. The number of nitrogens with two attached hydrogens (primary N) is 1. The van der Waals surface area contributed by atoms with E-state index in [-0.39, 0.29) is 34.5 Å². The van der Waals surface area contributed by atoms with E-state index in [1.54, 1.807) is 6.92 Å². The van der Waals surface area contributed by atoms with Crippen LogP contribution in [-0.4, -0.2) is 29.7 Å². The van der Waals surface area contributed by atoms with E-state index in [2.05, 4.69) is 60.3 Å². The SMILES string of the molecule is C=C(C)C1CCC2(N)CCC3(C)C(CCC4C5(C)CC=C(C6=CC(CC(C)(C(=O)OC(C)C)C(=O)OC(C)C)C6)C(C)(C)C5CCC43C)C12. The minimum Gasteiger partial charge on any atom is -0.462 e. The molecule has 0 aliphatic heterocycles. The van der Waals surface area contributed by atoms with Gasteiger partial charge < -0.3 is 15.2 Å². The predicted octanol–water partition coefficient (Wildman–Crippen LogP) is 10.1. The largest absolute Gasteiger partial charge is 0.462 e. The van der Waals surface area contributed by atoms with E-state index in [4.69, 9.17) is 15.2 Å². The third-order valence-electron chi connectivity index (χ3n) is 16.2. The fourth-order valence-corrected chi connectivity index (χ4v) is 13.7. The first-order chi connectivity index (χ1) is 22.6. The molecule has 0 saturated heterocycles. The first-order valence-electron chi connectivity index (χ1n) is 19.9. The smallest absolute Gasteiger partial charge is 0.323 e. The number of carbonyl (C=O) groups excluding carboxylic acids is 2. The lowest BCUT2D eigenvalue weighted by Crippen LogP contribution is -2.67. The van der Waals surface area contributed by atoms with Crippen molar-refractivity contribution in [2.75, 3.05) is 0 Å². The van der Waals surface area contributed by atoms with E-state index in [1.807, 2.05) is 27.7 Å². The van der Waals surface area contributed by atoms with Crippen LogP contribution in [0.25, 0.3) is 0 Å². The summed E-state index contributed by atoms with van der Waals surface area (Å²) in [5.74, 6) is 2.38. The van der Waals surface area contributed by atoms with Gasteiger partial charge in [-0.05, 0) is 180 Å². The lowest BCUT2D eigenvalue weighted by Gasteiger charge is -2.72. The summed E-state index contributed by atoms with van der Waals surface area (Å²) >= 11 is 0. The molecule has 10 unspecified atom stereocenters. The van der Waals surface area contributed by atoms with Crippen molar-refractivity contribution >= 4 is 11.9 Å². The Balaban J connectivity index is 1.24. The normalized spacial score (nSPS) is 42.5. The maximum atomic E-state index is 13.3. The van der Waals surface area contributed by atoms with E-state index in [1.165, 1.54) is 68.1 Å². The molecule has 0 spiro atoms. The van der Waals surface area contributed by atoms with Crippen LogP contribution in [0.2, 0.25) is 0 Å². The van der Waals surface area contributed by atoms with Gasteiger partial charge in [0, 0.05) is 5.54 Å². The molecule has 0 aromatic heterocycles. The maximum Gasteiger partial charge on any atom is 0.323 e. The molecular formula is C44H69NO4. The van der Waals surface area contributed by atoms with Gasteiger partial charge in [0.25, 0.3) is 0 Å². The summed E-state index contributed by atoms with van der Waals surface area (Å²) < 4.78 is 11.2. The van der Waals surface area contributed by atoms with E-state index in [9.17, 15) is 9.59 Å². The number of hydrogen-bond donors (Lipinski definition) is 1. The van der Waals surface area contributed by atoms with Gasteiger partial charge in [-0.1, -0.05) is 58.9 Å². The number of esters is 2. The van der Waals surface area contributed by atoms with Gasteiger partial charge in [0.1, 0.15) is 0 Å². The first-order valence-corrected chi connectivity index (χ1v) is 19.9. The minimum absolute atomic E-state index is 0.00215. The van der Waals surface area contributed by atoms with Gasteiger partial charge in [-0.25, -0.2) is 0 Å². The first kappa shape index (κ1) is 36.9. The highest BCUT2D eigenvalue weighted by atomic mass is 16.6. The second kappa shape index (κ2) is 12.1. The fraction of sp³-hybridized carbons (Fsp3) is 0.818. The molecule has 0 radical (unpaired) electrons. The van der Waals surface area contributed by atoms with Gasteiger partial charge in [-0.15, -0.1) is 0 Å². The van der Waals surface area contributed by atoms with Crippen LogP contribution in [0.4, 0.5) is 0 Å². The highest BCUT2D eigenvalue weighted by Crippen LogP contribution is 2.76. The van der Waals surface area contributed by atoms with Gasteiger partial charge in [0.15, 0.2) is 5.41 Å². The molecule has 10 atom stereocenters. The molecule has 274 valence electrons. The van der Waals surface area contributed by atoms with E-state index in [0.29, 0.717) is 46.8 Å². The molecule has 5 nitrogen and oxygen atoms in total. The van der Waals surface area contributed by atoms with Gasteiger partial charge >= 0.3 is 11.9 Å². The second-order valence-corrected chi connectivity index (χ2v) is 20.1. The lowest BCUT2D eigenvalue weighted by molar-refractivity contribution is -0.219. The van der Waals surface area contributed by atoms with Crippen molar-refractivity contribution in [3.05, 3.63) is 35.5 Å². The molecule has 5 heteroatoms. The van der Waals surface area contributed by atoms with Crippen LogP contribution >= 0.6 is 0 Å². The molecule has 0 aromatic carbocycles. The van der Waals surface area contributed by atoms with Gasteiger partial charge in [0.05, 0.1) is 12.2 Å². The molecule has 4 fully saturated rings. The Hall–Kier alpha value is -1.88. The Kier molecular flexibility index (Phi) is 9.10. The van der Waals surface area contributed by atoms with Crippen molar-refractivity contribution in [2.24, 2.45) is 68.3 Å². The van der Waals surface area contributed by atoms with Crippen molar-refractivity contribution < 1.29 is 19.1 Å². The van der Waals surface area contributed by atoms with E-state index >= 15 is 0 Å². The summed E-state index contributed by atoms with van der Waals surface area (Å²) in [7, 11) is 0. The van der Waals surface area contributed by atoms with Crippen LogP contribution in [-0.2, 0) is 19.1 Å². The molecule has 0 bridgehead atoms. The molecule has 4 saturated carbocycles. The molecule has 6 aliphatic rings. The van der Waals surface area contributed by atoms with E-state index < -0.39 is 17.4 Å². The Bertz CT molecular complexity index is 1410. The molecule has 2 N–H and O–H groups in total. The summed E-state index contributed by atoms with van der Waals surface area (Å²) in [5.41, 5.74) is 11.2. The Labute approximate surface area is 298 Å². The average Bonchev–Trinajstić information content (AvgIpc) is 3.32. The third kappa shape index (κ3) is 5.47. The molecule has 6 rings (SSSR count). The summed E-state index contributed by atoms with van der Waals surface area (Å²) in [6.07, 6.45) is 16.9. The van der Waals surface area contributed by atoms with Crippen LogP contribution in [0.15, 0.2) is 35.5 Å². The molecule has 0 heterocycles. The highest BCUT2D eigenvalue weighted by Gasteiger charge is 2.70. The van der Waals surface area contributed by atoms with E-state index in [0.717, 1.165) is 12.8 Å². The van der Waals surface area contributed by atoms with Crippen LogP contribution in [0, 0.1) is 62.6 Å². The monoisotopic (exact) mass is 676 g/mol. The van der Waals surface area contributed by atoms with Crippen molar-refractivity contribution in [3.63, 3.8) is 0 Å². The van der Waals surface area contributed by atoms with Gasteiger partial charge in [-0.3, -0.25) is 9.59 Å². The number of allylic oxidation sites excluding steroid dienone is 5. The zero-order valence-electron chi connectivity index (χ0n) is 33.0. The predicted molar refractivity (Wildman–Crippen MR) is 198 cm³/mol. The lowest BCUT2D eigenvalue weighted by atomic mass is 9.33. The van der Waals surface area contributed by atoms with Crippen LogP contribution in [0.5, 0.6) is 0 Å². The highest BCUT2D eigenvalue weighted by molar-refractivity contribution is 5.99. The van der Waals surface area contributed by atoms with Crippen molar-refractivity contribution in [1.82, 2.24) is 0 Å². The summed E-state index contributed by atoms with van der Waals surface area (Å²) in [4.78, 5) is 26.5. The topological polar surface area (TPSA) is 78.6 Å². The summed E-state index contributed by atoms with van der Waals surface area (Å²) in [5, 5.41) is 0. The quantitative estimate of drug-likeness (QED) is 0.157. The standard InChI is InChI=1S/C44H69NO4/c1-26(2)31-15-20-44(45)22-21-42(11)33(36(31)44)13-14-35-40(9)18-16-32(39(7,8)34(40)17-19-43(35,42)12)30-23-29(24-30)25-41(10,37(46)48-27(3)4)38(47)49-28(5)6/h16,23,27-29,31,33-36H,1,13-15,17-22,24-25,45H2,2-12H3. The van der Waals surface area contributed by atoms with Crippen LogP contribution in [0.1, 0.15) is 147 Å². The Morgan fingerprint density at radius 2 is 1.51 bits per heavy atom. The van der Waals surface area contributed by atoms with Gasteiger partial charge in [0.2, 0.25) is 0 Å². The third-order valence-corrected chi connectivity index (χ3v) is 16.2. The average molecular weight is 676 g/mol. The van der Waals surface area contributed by atoms with Crippen molar-refractivity contribution in [1.29, 1.82) is 0 Å². The number of rotatable bonds is 8. The Morgan fingerprint density at radius 3 is 2.08 bits per heavy atom. The number of fused-ring (bicyclic) bond motifs is 7. The molecule has 49 heavy (non-hydrogen) atoms. The molecule has 6 aliphatic carbocycles. The molecule has 0 amide bonds. The van der Waals surface area contributed by atoms with Crippen LogP contribution in [0.3, 0.4) is 0 Å². The zero-order valence-corrected chi connectivity index (χ0v) is 33.0. The van der Waals surface area contributed by atoms with Crippen LogP contribution < -0.4 is 5.73 Å². The van der Waals surface area contributed by atoms with Crippen molar-refractivity contribution in [2.45, 2.75) is 165 Å². The molecule has 0 aromatic rings. The molecular weight excluding hydrogens is 606 g/mol. The number of ether oxygens (including phenoxy) is 2.